The number of nitrogens with zero attached hydrogens (tertiary/aromatic N) is 2. The molecule has 6 nitrogen and oxygen atoms in total. The van der Waals surface area contributed by atoms with Crippen molar-refractivity contribution in [3.05, 3.63) is 107 Å². The second kappa shape index (κ2) is 14.1. The minimum Gasteiger partial charge on any atom is -0.405 e. The van der Waals surface area contributed by atoms with E-state index in [1.807, 2.05) is 65.7 Å². The molecule has 0 aliphatic rings. The molecule has 0 saturated heterocycles. The number of aromatic nitrogens is 1. The summed E-state index contributed by atoms with van der Waals surface area (Å²) < 4.78 is 26.0. The molecule has 0 amide bonds. The maximum Gasteiger partial charge on any atom is 0.190 e. The van der Waals surface area contributed by atoms with E-state index in [-0.39, 0.29) is 11.7 Å². The van der Waals surface area contributed by atoms with E-state index in [2.05, 4.69) is 11.1 Å². The van der Waals surface area contributed by atoms with Gasteiger partial charge in [-0.05, 0) is 67.4 Å². The van der Waals surface area contributed by atoms with E-state index in [1.165, 1.54) is 12.5 Å². The van der Waals surface area contributed by atoms with E-state index in [0.717, 1.165) is 35.7 Å². The van der Waals surface area contributed by atoms with Gasteiger partial charge in [0.25, 0.3) is 0 Å². The predicted octanol–water partition coefficient (Wildman–Crippen LogP) is 5.78. The second-order valence-electron chi connectivity index (χ2n) is 9.47. The lowest BCUT2D eigenvalue weighted by Gasteiger charge is -2.21. The standard InChI is InChI=1S/C30H36ClN3O3S/c1-24(20-25-12-10-13-26(31)21-25)30(35)28-22-34(29-15-7-6-14-27(28)29)19-11-18-33(23-38(2,36)37)17-9-5-3-4-8-16-32/h3-4,6-8,10,12-16,21-22H,1,5,9,11,17-20,23,32H2,2H3/b4-3-,16-8-. The van der Waals surface area contributed by atoms with Crippen molar-refractivity contribution in [2.24, 2.45) is 5.73 Å². The number of halogens is 1. The largest absolute Gasteiger partial charge is 0.405 e. The number of hydrogen-bond donors (Lipinski definition) is 1. The van der Waals surface area contributed by atoms with Gasteiger partial charge in [-0.15, -0.1) is 0 Å². The highest BCUT2D eigenvalue weighted by Gasteiger charge is 2.18. The third-order valence-electron chi connectivity index (χ3n) is 6.15. The van der Waals surface area contributed by atoms with Crippen LogP contribution in [0.5, 0.6) is 0 Å². The van der Waals surface area contributed by atoms with Gasteiger partial charge in [-0.25, -0.2) is 8.42 Å². The van der Waals surface area contributed by atoms with Crippen LogP contribution in [0.1, 0.15) is 35.2 Å². The highest BCUT2D eigenvalue weighted by molar-refractivity contribution is 7.90. The molecule has 2 aromatic carbocycles. The normalized spacial score (nSPS) is 12.3. The summed E-state index contributed by atoms with van der Waals surface area (Å²) in [5.74, 6) is -0.0602. The number of unbranched alkanes of at least 4 members (excludes halogenated alkanes) is 1. The van der Waals surface area contributed by atoms with Crippen molar-refractivity contribution < 1.29 is 13.2 Å². The van der Waals surface area contributed by atoms with Gasteiger partial charge >= 0.3 is 0 Å². The molecular weight excluding hydrogens is 518 g/mol. The molecule has 3 rings (SSSR count). The minimum absolute atomic E-state index is 0.0267. The van der Waals surface area contributed by atoms with Crippen LogP contribution in [0, 0.1) is 0 Å². The van der Waals surface area contributed by atoms with Gasteiger partial charge < -0.3 is 10.3 Å². The number of hydrogen-bond acceptors (Lipinski definition) is 5. The van der Waals surface area contributed by atoms with Crippen LogP contribution in [0.4, 0.5) is 0 Å². The van der Waals surface area contributed by atoms with Crippen molar-refractivity contribution in [1.82, 2.24) is 9.47 Å². The summed E-state index contributed by atoms with van der Waals surface area (Å²) in [4.78, 5) is 15.4. The van der Waals surface area contributed by atoms with Crippen LogP contribution in [0.2, 0.25) is 5.02 Å². The number of carbonyl (C=O) groups excluding carboxylic acids is 1. The molecule has 0 aliphatic heterocycles. The van der Waals surface area contributed by atoms with Crippen LogP contribution in [0.15, 0.2) is 91.3 Å². The van der Waals surface area contributed by atoms with Gasteiger partial charge in [-0.1, -0.05) is 60.7 Å². The molecule has 0 atom stereocenters. The number of para-hydroxylation sites is 1. The number of rotatable bonds is 15. The van der Waals surface area contributed by atoms with Crippen LogP contribution in [-0.2, 0) is 22.8 Å². The Kier molecular flexibility index (Phi) is 11.0. The molecular formula is C30H36ClN3O3S. The first kappa shape index (κ1) is 29.4. The van der Waals surface area contributed by atoms with Gasteiger partial charge in [0.1, 0.15) is 5.88 Å². The topological polar surface area (TPSA) is 85.4 Å². The summed E-state index contributed by atoms with van der Waals surface area (Å²) in [6, 6.07) is 15.3. The Morgan fingerprint density at radius 2 is 1.87 bits per heavy atom. The average molecular weight is 554 g/mol. The van der Waals surface area contributed by atoms with Crippen molar-refractivity contribution in [2.75, 3.05) is 25.2 Å². The molecule has 0 unspecified atom stereocenters. The molecule has 0 bridgehead atoms. The quantitative estimate of drug-likeness (QED) is 0.112. The van der Waals surface area contributed by atoms with E-state index >= 15 is 0 Å². The smallest absolute Gasteiger partial charge is 0.190 e. The van der Waals surface area contributed by atoms with Crippen LogP contribution in [-0.4, -0.2) is 48.9 Å². The molecule has 0 spiro atoms. The maximum absolute atomic E-state index is 13.4. The predicted molar refractivity (Wildman–Crippen MR) is 158 cm³/mol. The molecule has 1 heterocycles. The first-order chi connectivity index (χ1) is 18.2. The van der Waals surface area contributed by atoms with Crippen molar-refractivity contribution in [2.45, 2.75) is 32.2 Å². The summed E-state index contributed by atoms with van der Waals surface area (Å²) in [5.41, 5.74) is 8.37. The second-order valence-corrected chi connectivity index (χ2v) is 12.0. The molecule has 38 heavy (non-hydrogen) atoms. The Balaban J connectivity index is 1.68. The van der Waals surface area contributed by atoms with Crippen molar-refractivity contribution in [3.63, 3.8) is 0 Å². The van der Waals surface area contributed by atoms with Crippen molar-refractivity contribution in [3.8, 4) is 0 Å². The maximum atomic E-state index is 13.4. The number of aryl methyl sites for hydroxylation is 1. The number of ketones is 1. The summed E-state index contributed by atoms with van der Waals surface area (Å²) in [6.07, 6.45) is 13.2. The molecule has 3 aromatic rings. The molecule has 202 valence electrons. The van der Waals surface area contributed by atoms with Gasteiger partial charge in [0.15, 0.2) is 15.6 Å². The van der Waals surface area contributed by atoms with Crippen molar-refractivity contribution >= 4 is 38.1 Å². The molecule has 2 N–H and O–H groups in total. The van der Waals surface area contributed by atoms with Crippen LogP contribution in [0.25, 0.3) is 10.9 Å². The van der Waals surface area contributed by atoms with E-state index in [9.17, 15) is 13.2 Å². The number of Topliss-reactive ketones (excluding diaryl/α,β-unsaturated/α-hetero) is 1. The van der Waals surface area contributed by atoms with E-state index in [1.54, 1.807) is 12.1 Å². The lowest BCUT2D eigenvalue weighted by atomic mass is 9.98. The zero-order valence-corrected chi connectivity index (χ0v) is 23.4. The Morgan fingerprint density at radius 3 is 2.61 bits per heavy atom. The van der Waals surface area contributed by atoms with E-state index in [4.69, 9.17) is 17.3 Å². The van der Waals surface area contributed by atoms with Gasteiger partial charge in [-0.2, -0.15) is 0 Å². The highest BCUT2D eigenvalue weighted by atomic mass is 35.5. The van der Waals surface area contributed by atoms with Gasteiger partial charge in [0.2, 0.25) is 0 Å². The fourth-order valence-corrected chi connectivity index (χ4v) is 5.62. The number of allylic oxidation sites excluding steroid dienone is 4. The molecule has 8 heteroatoms. The van der Waals surface area contributed by atoms with Crippen LogP contribution >= 0.6 is 11.6 Å². The zero-order chi connectivity index (χ0) is 27.5. The summed E-state index contributed by atoms with van der Waals surface area (Å²) in [5, 5.41) is 1.51. The van der Waals surface area contributed by atoms with Gasteiger partial charge in [-0.3, -0.25) is 9.69 Å². The summed E-state index contributed by atoms with van der Waals surface area (Å²) in [7, 11) is -3.14. The molecule has 1 aromatic heterocycles. The minimum atomic E-state index is -3.14. The molecule has 0 aliphatic carbocycles. The first-order valence-electron chi connectivity index (χ1n) is 12.7. The third kappa shape index (κ3) is 9.01. The zero-order valence-electron chi connectivity index (χ0n) is 21.9. The fourth-order valence-electron chi connectivity index (χ4n) is 4.49. The lowest BCUT2D eigenvalue weighted by Crippen LogP contribution is -2.32. The van der Waals surface area contributed by atoms with Gasteiger partial charge in [0, 0.05) is 53.5 Å². The average Bonchev–Trinajstić information content (AvgIpc) is 3.23. The Hall–Kier alpha value is -3.13. The van der Waals surface area contributed by atoms with E-state index < -0.39 is 9.84 Å². The number of fused-ring (bicyclic) bond motifs is 1. The summed E-state index contributed by atoms with van der Waals surface area (Å²) in [6.45, 7) is 6.05. The Bertz CT molecular complexity index is 1420. The van der Waals surface area contributed by atoms with Crippen LogP contribution in [0.3, 0.4) is 0 Å². The molecule has 0 radical (unpaired) electrons. The summed E-state index contributed by atoms with van der Waals surface area (Å²) >= 11 is 6.10. The third-order valence-corrected chi connectivity index (χ3v) is 7.22. The monoisotopic (exact) mass is 553 g/mol. The molecule has 0 fully saturated rings. The number of carbonyl (C=O) groups is 1. The number of sulfone groups is 1. The van der Waals surface area contributed by atoms with Crippen molar-refractivity contribution in [1.29, 1.82) is 0 Å². The highest BCUT2D eigenvalue weighted by Crippen LogP contribution is 2.25. The van der Waals surface area contributed by atoms with Crippen LogP contribution < -0.4 is 5.73 Å². The molecule has 0 saturated carbocycles. The Labute approximate surface area is 231 Å². The fraction of sp³-hybridized carbons (Fsp3) is 0.300. The number of benzene rings is 2. The SMILES string of the molecule is C=C(Cc1cccc(Cl)c1)C(=O)c1cn(CCCN(CCC/C=C\C=C/N)CS(C)(=O)=O)c2ccccc12. The first-order valence-corrected chi connectivity index (χ1v) is 15.1. The lowest BCUT2D eigenvalue weighted by molar-refractivity contribution is 0.103. The number of nitrogens with two attached hydrogens (primary N) is 1. The van der Waals surface area contributed by atoms with Gasteiger partial charge in [0.05, 0.1) is 0 Å². The Morgan fingerprint density at radius 1 is 1.11 bits per heavy atom. The van der Waals surface area contributed by atoms with E-state index in [0.29, 0.717) is 42.2 Å².